The van der Waals surface area contributed by atoms with Crippen LogP contribution >= 0.6 is 0 Å². The highest BCUT2D eigenvalue weighted by Gasteiger charge is 2.16. The topological polar surface area (TPSA) is 42.7 Å². The van der Waals surface area contributed by atoms with E-state index in [1.807, 2.05) is 18.7 Å². The van der Waals surface area contributed by atoms with Gasteiger partial charge in [-0.15, -0.1) is 0 Å². The van der Waals surface area contributed by atoms with Crippen LogP contribution in [-0.2, 0) is 4.74 Å². The third-order valence-electron chi connectivity index (χ3n) is 3.41. The summed E-state index contributed by atoms with van der Waals surface area (Å²) in [5.41, 5.74) is 1.69. The summed E-state index contributed by atoms with van der Waals surface area (Å²) in [5.74, 6) is 0.568. The Balaban J connectivity index is 0.000000847. The molecule has 114 valence electrons. The highest BCUT2D eigenvalue weighted by molar-refractivity contribution is 6.33. The SMILES string of the molecule is CC.[B]c1cc(C=C)c2oc(N3CCOCC3)cc(=O)c2c1. The van der Waals surface area contributed by atoms with E-state index in [2.05, 4.69) is 6.58 Å². The summed E-state index contributed by atoms with van der Waals surface area (Å²) in [6, 6.07) is 4.90. The summed E-state index contributed by atoms with van der Waals surface area (Å²) in [6.45, 7) is 10.4. The predicted octanol–water partition coefficient (Wildman–Crippen LogP) is 2.09. The lowest BCUT2D eigenvalue weighted by atomic mass is 9.92. The molecule has 1 aromatic heterocycles. The van der Waals surface area contributed by atoms with Gasteiger partial charge in [0.05, 0.1) is 18.6 Å². The van der Waals surface area contributed by atoms with E-state index >= 15 is 0 Å². The van der Waals surface area contributed by atoms with Gasteiger partial charge in [-0.3, -0.25) is 4.79 Å². The van der Waals surface area contributed by atoms with Crippen LogP contribution < -0.4 is 15.8 Å². The predicted molar refractivity (Wildman–Crippen MR) is 92.3 cm³/mol. The Morgan fingerprint density at radius 2 is 1.91 bits per heavy atom. The monoisotopic (exact) mass is 297 g/mol. The van der Waals surface area contributed by atoms with Crippen molar-refractivity contribution < 1.29 is 9.15 Å². The molecule has 0 spiro atoms. The largest absolute Gasteiger partial charge is 0.440 e. The Labute approximate surface area is 131 Å². The zero-order chi connectivity index (χ0) is 16.1. The summed E-state index contributed by atoms with van der Waals surface area (Å²) in [4.78, 5) is 14.3. The summed E-state index contributed by atoms with van der Waals surface area (Å²) >= 11 is 0. The molecule has 0 N–H and O–H groups in total. The second kappa shape index (κ2) is 7.32. The highest BCUT2D eigenvalue weighted by atomic mass is 16.5. The number of hydrogen-bond donors (Lipinski definition) is 0. The standard InChI is InChI=1S/C15H14BNO3.C2H6/c1-2-10-7-11(16)8-12-13(18)9-14(20-15(10)12)17-3-5-19-6-4-17;1-2/h2,7-9H,1,3-6H2;1-2H3. The van der Waals surface area contributed by atoms with E-state index in [0.29, 0.717) is 48.6 Å². The van der Waals surface area contributed by atoms with Gasteiger partial charge in [0.25, 0.3) is 0 Å². The normalized spacial score (nSPS) is 14.4. The number of nitrogens with zero attached hydrogens (tertiary/aromatic N) is 1. The van der Waals surface area contributed by atoms with Gasteiger partial charge in [0.15, 0.2) is 11.3 Å². The molecule has 0 unspecified atom stereocenters. The van der Waals surface area contributed by atoms with Crippen LogP contribution in [0.4, 0.5) is 5.88 Å². The van der Waals surface area contributed by atoms with Crippen molar-refractivity contribution in [3.05, 3.63) is 40.6 Å². The van der Waals surface area contributed by atoms with Gasteiger partial charge in [0.1, 0.15) is 13.4 Å². The fourth-order valence-corrected chi connectivity index (χ4v) is 2.39. The number of ether oxygens (including phenoxy) is 1. The number of hydrogen-bond acceptors (Lipinski definition) is 4. The second-order valence-electron chi connectivity index (χ2n) is 4.74. The lowest BCUT2D eigenvalue weighted by Gasteiger charge is -2.27. The average Bonchev–Trinajstić information content (AvgIpc) is 2.57. The Morgan fingerprint density at radius 1 is 1.23 bits per heavy atom. The van der Waals surface area contributed by atoms with Crippen LogP contribution in [0.5, 0.6) is 0 Å². The van der Waals surface area contributed by atoms with E-state index in [9.17, 15) is 4.79 Å². The lowest BCUT2D eigenvalue weighted by Crippen LogP contribution is -2.36. The minimum absolute atomic E-state index is 0.0943. The Hall–Kier alpha value is -2.01. The molecule has 0 aliphatic carbocycles. The van der Waals surface area contributed by atoms with Gasteiger partial charge in [0.2, 0.25) is 0 Å². The van der Waals surface area contributed by atoms with Crippen molar-refractivity contribution in [2.75, 3.05) is 31.2 Å². The Bertz CT molecular complexity index is 718. The van der Waals surface area contributed by atoms with Gasteiger partial charge >= 0.3 is 0 Å². The van der Waals surface area contributed by atoms with Gasteiger partial charge in [-0.05, 0) is 0 Å². The van der Waals surface area contributed by atoms with E-state index in [-0.39, 0.29) is 5.43 Å². The van der Waals surface area contributed by atoms with Gasteiger partial charge in [0, 0.05) is 24.7 Å². The maximum atomic E-state index is 12.3. The molecule has 2 aromatic rings. The molecule has 5 heteroatoms. The lowest BCUT2D eigenvalue weighted by molar-refractivity contribution is 0.121. The maximum absolute atomic E-state index is 12.3. The van der Waals surface area contributed by atoms with Crippen molar-refractivity contribution >= 4 is 36.2 Å². The number of anilines is 1. The Kier molecular flexibility index (Phi) is 5.44. The van der Waals surface area contributed by atoms with E-state index < -0.39 is 0 Å². The zero-order valence-electron chi connectivity index (χ0n) is 13.1. The van der Waals surface area contributed by atoms with Crippen LogP contribution in [0.2, 0.25) is 0 Å². The molecule has 1 aliphatic heterocycles. The Morgan fingerprint density at radius 3 is 2.55 bits per heavy atom. The van der Waals surface area contributed by atoms with Crippen molar-refractivity contribution in [3.8, 4) is 0 Å². The van der Waals surface area contributed by atoms with Gasteiger partial charge in [-0.2, -0.15) is 0 Å². The molecule has 2 heterocycles. The molecule has 3 rings (SSSR count). The van der Waals surface area contributed by atoms with E-state index in [1.54, 1.807) is 18.2 Å². The first-order valence-corrected chi connectivity index (χ1v) is 7.51. The number of rotatable bonds is 2. The summed E-state index contributed by atoms with van der Waals surface area (Å²) in [5, 5.41) is 0.483. The van der Waals surface area contributed by atoms with Gasteiger partial charge < -0.3 is 14.1 Å². The van der Waals surface area contributed by atoms with E-state index in [4.69, 9.17) is 17.0 Å². The summed E-state index contributed by atoms with van der Waals surface area (Å²) in [6.07, 6.45) is 1.64. The first-order valence-electron chi connectivity index (χ1n) is 7.51. The van der Waals surface area contributed by atoms with Crippen LogP contribution in [0.3, 0.4) is 0 Å². The van der Waals surface area contributed by atoms with Gasteiger partial charge in [-0.25, -0.2) is 0 Å². The second-order valence-corrected chi connectivity index (χ2v) is 4.74. The molecule has 2 radical (unpaired) electrons. The quantitative estimate of drug-likeness (QED) is 0.796. The van der Waals surface area contributed by atoms with Crippen molar-refractivity contribution in [1.29, 1.82) is 0 Å². The molecule has 1 aromatic carbocycles. The van der Waals surface area contributed by atoms with E-state index in [0.717, 1.165) is 5.56 Å². The molecule has 4 nitrogen and oxygen atoms in total. The third kappa shape index (κ3) is 3.25. The summed E-state index contributed by atoms with van der Waals surface area (Å²) < 4.78 is 11.2. The van der Waals surface area contributed by atoms with Gasteiger partial charge in [-0.1, -0.05) is 44.1 Å². The molecule has 0 atom stereocenters. The number of fused-ring (bicyclic) bond motifs is 1. The molecule has 1 aliphatic rings. The van der Waals surface area contributed by atoms with Crippen LogP contribution in [-0.4, -0.2) is 34.1 Å². The molecule has 0 bridgehead atoms. The first-order chi connectivity index (χ1) is 10.7. The van der Waals surface area contributed by atoms with Crippen LogP contribution in [0.1, 0.15) is 19.4 Å². The molecule has 0 saturated carbocycles. The van der Waals surface area contributed by atoms with Crippen LogP contribution in [0.15, 0.2) is 34.0 Å². The minimum Gasteiger partial charge on any atom is -0.440 e. The third-order valence-corrected chi connectivity index (χ3v) is 3.41. The fraction of sp³-hybridized carbons (Fsp3) is 0.353. The molecular formula is C17H20BNO3. The fourth-order valence-electron chi connectivity index (χ4n) is 2.39. The van der Waals surface area contributed by atoms with Crippen LogP contribution in [0.25, 0.3) is 17.0 Å². The van der Waals surface area contributed by atoms with E-state index in [1.165, 1.54) is 6.07 Å². The first kappa shape index (κ1) is 16.4. The molecule has 1 saturated heterocycles. The van der Waals surface area contributed by atoms with Crippen molar-refractivity contribution in [2.45, 2.75) is 13.8 Å². The average molecular weight is 297 g/mol. The van der Waals surface area contributed by atoms with Crippen molar-refractivity contribution in [1.82, 2.24) is 0 Å². The molecule has 0 amide bonds. The number of morpholine rings is 1. The maximum Gasteiger partial charge on any atom is 0.200 e. The summed E-state index contributed by atoms with van der Waals surface area (Å²) in [7, 11) is 5.79. The van der Waals surface area contributed by atoms with Crippen molar-refractivity contribution in [3.63, 3.8) is 0 Å². The van der Waals surface area contributed by atoms with Crippen molar-refractivity contribution in [2.24, 2.45) is 0 Å². The highest BCUT2D eigenvalue weighted by Crippen LogP contribution is 2.22. The molecule has 22 heavy (non-hydrogen) atoms. The number of benzene rings is 1. The smallest absolute Gasteiger partial charge is 0.200 e. The molecular weight excluding hydrogens is 277 g/mol. The minimum atomic E-state index is -0.0943. The van der Waals surface area contributed by atoms with Crippen LogP contribution in [0, 0.1) is 0 Å². The molecule has 1 fully saturated rings. The zero-order valence-corrected chi connectivity index (χ0v) is 13.1.